The molecule has 2 aromatic heterocycles. The first kappa shape index (κ1) is 23.7. The Morgan fingerprint density at radius 3 is 2.74 bits per heavy atom. The van der Waals surface area contributed by atoms with Gasteiger partial charge in [-0.15, -0.1) is 0 Å². The number of imidazole rings is 1. The van der Waals surface area contributed by atoms with Gasteiger partial charge < -0.3 is 15.1 Å². The highest BCUT2D eigenvalue weighted by atomic mass is 19.3. The molecule has 1 aromatic carbocycles. The molecule has 2 unspecified atom stereocenters. The molecule has 0 aliphatic carbocycles. The molecule has 0 spiro atoms. The molecule has 4 rings (SSSR count). The van der Waals surface area contributed by atoms with Crippen LogP contribution in [0.1, 0.15) is 30.4 Å². The molecule has 2 atom stereocenters. The van der Waals surface area contributed by atoms with Gasteiger partial charge in [-0.1, -0.05) is 6.07 Å². The summed E-state index contributed by atoms with van der Waals surface area (Å²) in [5, 5.41) is 13.9. The quantitative estimate of drug-likeness (QED) is 0.336. The Bertz CT molecular complexity index is 1170. The van der Waals surface area contributed by atoms with E-state index in [-0.39, 0.29) is 31.0 Å². The molecule has 1 saturated heterocycles. The third-order valence-electron chi connectivity index (χ3n) is 6.07. The Hall–Kier alpha value is -3.47. The molecule has 3 aromatic rings. The second-order valence-electron chi connectivity index (χ2n) is 8.38. The molecular formula is C23H23F4N5O2. The topological polar surface area (TPSA) is 77.1 Å². The molecule has 3 heterocycles. The Labute approximate surface area is 193 Å². The number of rotatable bonds is 6. The largest absolute Gasteiger partial charge is 0.619 e. The summed E-state index contributed by atoms with van der Waals surface area (Å²) in [4.78, 5) is 18.5. The monoisotopic (exact) mass is 477 g/mol. The van der Waals surface area contributed by atoms with Crippen molar-refractivity contribution >= 4 is 11.7 Å². The molecule has 0 radical (unpaired) electrons. The van der Waals surface area contributed by atoms with E-state index in [1.165, 1.54) is 47.7 Å². The predicted molar refractivity (Wildman–Crippen MR) is 115 cm³/mol. The van der Waals surface area contributed by atoms with E-state index in [2.05, 4.69) is 10.3 Å². The van der Waals surface area contributed by atoms with E-state index in [0.717, 1.165) is 12.1 Å². The molecule has 1 fully saturated rings. The van der Waals surface area contributed by atoms with Gasteiger partial charge in [-0.05, 0) is 18.6 Å². The van der Waals surface area contributed by atoms with E-state index in [1.54, 1.807) is 11.8 Å². The van der Waals surface area contributed by atoms with Gasteiger partial charge in [0.25, 0.3) is 5.92 Å². The minimum absolute atomic E-state index is 0.0325. The molecule has 0 bridgehead atoms. The van der Waals surface area contributed by atoms with Crippen LogP contribution >= 0.6 is 0 Å². The first-order valence-corrected chi connectivity index (χ1v) is 10.7. The van der Waals surface area contributed by atoms with E-state index in [0.29, 0.717) is 10.3 Å². The van der Waals surface area contributed by atoms with Gasteiger partial charge in [0.05, 0.1) is 24.8 Å². The fraction of sp³-hybridized carbons (Fsp3) is 0.348. The number of hydrogen-bond acceptors (Lipinski definition) is 4. The maximum Gasteiger partial charge on any atom is 0.257 e. The summed E-state index contributed by atoms with van der Waals surface area (Å²) in [6.45, 7) is 1.69. The van der Waals surface area contributed by atoms with Crippen molar-refractivity contribution in [1.29, 1.82) is 0 Å². The van der Waals surface area contributed by atoms with Gasteiger partial charge >= 0.3 is 0 Å². The van der Waals surface area contributed by atoms with Crippen molar-refractivity contribution in [2.75, 3.05) is 18.4 Å². The standard InChI is InChI=1S/C23H23F4N5O2/c1-15(31-9-6-23(26,27)19(12-31)16-4-7-32(34)8-5-16)22(33)29-21-13-30(14-28-21)11-17-2-3-18(24)10-20(17)25/h2-5,7-8,10,13-15,19H,6,9,11-12H2,1H3,(H,29,33). The van der Waals surface area contributed by atoms with E-state index >= 15 is 0 Å². The first-order chi connectivity index (χ1) is 16.1. The van der Waals surface area contributed by atoms with Crippen LogP contribution in [0.5, 0.6) is 0 Å². The number of alkyl halides is 2. The smallest absolute Gasteiger partial charge is 0.257 e. The fourth-order valence-electron chi connectivity index (χ4n) is 4.04. The number of carbonyl (C=O) groups is 1. The van der Waals surface area contributed by atoms with Crippen LogP contribution < -0.4 is 10.0 Å². The number of carbonyl (C=O) groups excluding carboxylic acids is 1. The number of hydrogen-bond donors (Lipinski definition) is 1. The number of benzene rings is 1. The molecule has 34 heavy (non-hydrogen) atoms. The highest BCUT2D eigenvalue weighted by molar-refractivity contribution is 5.93. The summed E-state index contributed by atoms with van der Waals surface area (Å²) in [5.41, 5.74) is 0.593. The van der Waals surface area contributed by atoms with Crippen molar-refractivity contribution in [1.82, 2.24) is 14.5 Å². The van der Waals surface area contributed by atoms with Crippen LogP contribution in [0.25, 0.3) is 0 Å². The average molecular weight is 477 g/mol. The van der Waals surface area contributed by atoms with E-state index in [4.69, 9.17) is 0 Å². The van der Waals surface area contributed by atoms with Crippen molar-refractivity contribution in [2.24, 2.45) is 0 Å². The zero-order chi connectivity index (χ0) is 24.5. The number of nitrogens with zero attached hydrogens (tertiary/aromatic N) is 4. The molecule has 7 nitrogen and oxygen atoms in total. The summed E-state index contributed by atoms with van der Waals surface area (Å²) < 4.78 is 58.2. The number of halogens is 4. The highest BCUT2D eigenvalue weighted by Crippen LogP contribution is 2.40. The number of pyridine rings is 1. The third-order valence-corrected chi connectivity index (χ3v) is 6.07. The van der Waals surface area contributed by atoms with Crippen molar-refractivity contribution < 1.29 is 27.1 Å². The summed E-state index contributed by atoms with van der Waals surface area (Å²) in [5.74, 6) is -5.67. The minimum atomic E-state index is -2.96. The van der Waals surface area contributed by atoms with Gasteiger partial charge in [-0.25, -0.2) is 22.5 Å². The van der Waals surface area contributed by atoms with Gasteiger partial charge in [0, 0.05) is 49.5 Å². The minimum Gasteiger partial charge on any atom is -0.619 e. The summed E-state index contributed by atoms with van der Waals surface area (Å²) in [7, 11) is 0. The van der Waals surface area contributed by atoms with Crippen LogP contribution in [-0.4, -0.2) is 45.4 Å². The maximum atomic E-state index is 14.6. The Kier molecular flexibility index (Phi) is 6.56. The number of amides is 1. The number of piperidine rings is 1. The van der Waals surface area contributed by atoms with Crippen LogP contribution in [0.15, 0.2) is 55.2 Å². The van der Waals surface area contributed by atoms with Crippen LogP contribution in [0.2, 0.25) is 0 Å². The van der Waals surface area contributed by atoms with Gasteiger partial charge in [-0.3, -0.25) is 9.69 Å². The molecule has 1 amide bonds. The van der Waals surface area contributed by atoms with E-state index in [9.17, 15) is 27.6 Å². The van der Waals surface area contributed by atoms with Gasteiger partial charge in [0.2, 0.25) is 5.91 Å². The van der Waals surface area contributed by atoms with E-state index < -0.39 is 41.8 Å². The average Bonchev–Trinajstić information content (AvgIpc) is 3.22. The van der Waals surface area contributed by atoms with Crippen molar-refractivity contribution in [3.63, 3.8) is 0 Å². The second-order valence-corrected chi connectivity index (χ2v) is 8.38. The number of nitrogens with one attached hydrogen (secondary N) is 1. The third kappa shape index (κ3) is 5.19. The molecule has 0 saturated carbocycles. The molecule has 11 heteroatoms. The lowest BCUT2D eigenvalue weighted by Crippen LogP contribution is -2.52. The molecule has 1 N–H and O–H groups in total. The predicted octanol–water partition coefficient (Wildman–Crippen LogP) is 3.29. The fourth-order valence-corrected chi connectivity index (χ4v) is 4.04. The van der Waals surface area contributed by atoms with Gasteiger partial charge in [-0.2, -0.15) is 4.73 Å². The summed E-state index contributed by atoms with van der Waals surface area (Å²) in [6, 6.07) is 5.30. The van der Waals surface area contributed by atoms with Crippen LogP contribution in [0.3, 0.4) is 0 Å². The van der Waals surface area contributed by atoms with Crippen LogP contribution in [-0.2, 0) is 11.3 Å². The second kappa shape index (κ2) is 9.41. The van der Waals surface area contributed by atoms with E-state index in [1.807, 2.05) is 0 Å². The first-order valence-electron chi connectivity index (χ1n) is 10.7. The molecule has 180 valence electrons. The normalized spacial score (nSPS) is 19.0. The van der Waals surface area contributed by atoms with Crippen LogP contribution in [0.4, 0.5) is 23.4 Å². The lowest BCUT2D eigenvalue weighted by atomic mass is 9.87. The zero-order valence-electron chi connectivity index (χ0n) is 18.3. The molecule has 1 aliphatic rings. The van der Waals surface area contributed by atoms with Crippen molar-refractivity contribution in [3.8, 4) is 0 Å². The maximum absolute atomic E-state index is 14.6. The van der Waals surface area contributed by atoms with Gasteiger partial charge in [0.15, 0.2) is 18.2 Å². The number of likely N-dealkylation sites (tertiary alicyclic amines) is 1. The number of anilines is 1. The Morgan fingerprint density at radius 2 is 2.03 bits per heavy atom. The molecular weight excluding hydrogens is 454 g/mol. The lowest BCUT2D eigenvalue weighted by molar-refractivity contribution is -0.605. The van der Waals surface area contributed by atoms with Crippen molar-refractivity contribution in [3.05, 3.63) is 83.2 Å². The van der Waals surface area contributed by atoms with Crippen molar-refractivity contribution in [2.45, 2.75) is 37.8 Å². The SMILES string of the molecule is CC(C(=O)Nc1cn(Cc2ccc(F)cc2F)cn1)N1CCC(F)(F)C(c2cc[n+]([O-])cc2)C1. The molecule has 1 aliphatic heterocycles. The zero-order valence-corrected chi connectivity index (χ0v) is 18.3. The van der Waals surface area contributed by atoms with Gasteiger partial charge in [0.1, 0.15) is 11.6 Å². The summed E-state index contributed by atoms with van der Waals surface area (Å²) >= 11 is 0. The summed E-state index contributed by atoms with van der Waals surface area (Å²) in [6.07, 6.45) is 4.84. The van der Waals surface area contributed by atoms with Crippen LogP contribution in [0, 0.1) is 16.8 Å². The Balaban J connectivity index is 1.40. The lowest BCUT2D eigenvalue weighted by Gasteiger charge is -2.40. The number of aromatic nitrogens is 3. The highest BCUT2D eigenvalue weighted by Gasteiger charge is 2.46. The Morgan fingerprint density at radius 1 is 1.29 bits per heavy atom.